The first-order valence-corrected chi connectivity index (χ1v) is 7.35. The fraction of sp³-hybridized carbons (Fsp3) is 0.769. The molecular formula is C13H25BrN4. The van der Waals surface area contributed by atoms with Crippen molar-refractivity contribution >= 4 is 15.9 Å². The Morgan fingerprint density at radius 1 is 1.44 bits per heavy atom. The van der Waals surface area contributed by atoms with Crippen LogP contribution in [0.25, 0.3) is 0 Å². The quantitative estimate of drug-likeness (QED) is 0.745. The minimum absolute atomic E-state index is 0.701. The van der Waals surface area contributed by atoms with Crippen molar-refractivity contribution in [2.45, 2.75) is 26.8 Å². The molecule has 0 fully saturated rings. The molecule has 0 spiro atoms. The van der Waals surface area contributed by atoms with Crippen molar-refractivity contribution < 1.29 is 0 Å². The van der Waals surface area contributed by atoms with Gasteiger partial charge in [0.05, 0.1) is 22.9 Å². The van der Waals surface area contributed by atoms with Crippen molar-refractivity contribution in [1.82, 2.24) is 20.0 Å². The summed E-state index contributed by atoms with van der Waals surface area (Å²) in [5, 5.41) is 7.89. The van der Waals surface area contributed by atoms with Crippen LogP contribution in [-0.2, 0) is 13.0 Å². The van der Waals surface area contributed by atoms with E-state index in [4.69, 9.17) is 0 Å². The number of aromatic nitrogens is 2. The summed E-state index contributed by atoms with van der Waals surface area (Å²) in [5.41, 5.74) is 1.29. The highest BCUT2D eigenvalue weighted by Gasteiger charge is 2.08. The molecule has 1 heterocycles. The third kappa shape index (κ3) is 5.50. The molecule has 0 aliphatic carbocycles. The Labute approximate surface area is 119 Å². The monoisotopic (exact) mass is 316 g/mol. The lowest BCUT2D eigenvalue weighted by Gasteiger charge is -2.13. The van der Waals surface area contributed by atoms with Gasteiger partial charge in [-0.05, 0) is 42.5 Å². The second-order valence-electron chi connectivity index (χ2n) is 5.31. The van der Waals surface area contributed by atoms with Crippen LogP contribution in [0.4, 0.5) is 0 Å². The number of hydrogen-bond donors (Lipinski definition) is 1. The number of nitrogens with one attached hydrogen (secondary N) is 1. The van der Waals surface area contributed by atoms with E-state index in [1.54, 1.807) is 0 Å². The second-order valence-corrected chi connectivity index (χ2v) is 6.17. The molecule has 1 rings (SSSR count). The lowest BCUT2D eigenvalue weighted by molar-refractivity contribution is 0.369. The molecule has 0 bridgehead atoms. The van der Waals surface area contributed by atoms with Crippen LogP contribution in [0, 0.1) is 5.92 Å². The molecule has 0 amide bonds. The summed E-state index contributed by atoms with van der Waals surface area (Å²) >= 11 is 3.58. The van der Waals surface area contributed by atoms with E-state index in [0.717, 1.165) is 37.1 Å². The van der Waals surface area contributed by atoms with E-state index in [1.165, 1.54) is 5.69 Å². The van der Waals surface area contributed by atoms with Gasteiger partial charge in [0, 0.05) is 19.5 Å². The third-order valence-corrected chi connectivity index (χ3v) is 3.41. The summed E-state index contributed by atoms with van der Waals surface area (Å²) in [6.45, 7) is 8.49. The third-order valence-electron chi connectivity index (χ3n) is 2.75. The molecule has 0 aliphatic heterocycles. The molecule has 5 heteroatoms. The van der Waals surface area contributed by atoms with E-state index in [0.29, 0.717) is 5.92 Å². The summed E-state index contributed by atoms with van der Waals surface area (Å²) in [7, 11) is 4.17. The molecule has 0 radical (unpaired) electrons. The van der Waals surface area contributed by atoms with Gasteiger partial charge in [0.1, 0.15) is 0 Å². The van der Waals surface area contributed by atoms with Gasteiger partial charge in [0.25, 0.3) is 0 Å². The van der Waals surface area contributed by atoms with Crippen molar-refractivity contribution in [3.63, 3.8) is 0 Å². The van der Waals surface area contributed by atoms with Gasteiger partial charge < -0.3 is 10.2 Å². The molecule has 0 saturated carbocycles. The van der Waals surface area contributed by atoms with Crippen molar-refractivity contribution in [3.05, 3.63) is 16.4 Å². The van der Waals surface area contributed by atoms with E-state index in [-0.39, 0.29) is 0 Å². The van der Waals surface area contributed by atoms with Crippen molar-refractivity contribution in [3.8, 4) is 0 Å². The maximum absolute atomic E-state index is 4.42. The van der Waals surface area contributed by atoms with Gasteiger partial charge in [-0.25, -0.2) is 0 Å². The molecule has 0 aromatic carbocycles. The van der Waals surface area contributed by atoms with E-state index >= 15 is 0 Å². The predicted octanol–water partition coefficient (Wildman–Crippen LogP) is 2.00. The Hall–Kier alpha value is -0.390. The first kappa shape index (κ1) is 15.7. The van der Waals surface area contributed by atoms with Crippen LogP contribution in [0.15, 0.2) is 10.7 Å². The average Bonchev–Trinajstić information content (AvgIpc) is 2.63. The first-order chi connectivity index (χ1) is 8.50. The van der Waals surface area contributed by atoms with Gasteiger partial charge >= 0.3 is 0 Å². The fourth-order valence-corrected chi connectivity index (χ4v) is 2.22. The summed E-state index contributed by atoms with van der Waals surface area (Å²) in [6.07, 6.45) is 2.91. The van der Waals surface area contributed by atoms with Gasteiger partial charge in [-0.15, -0.1) is 0 Å². The zero-order valence-electron chi connectivity index (χ0n) is 11.9. The smallest absolute Gasteiger partial charge is 0.0635 e. The highest BCUT2D eigenvalue weighted by atomic mass is 79.9. The summed E-state index contributed by atoms with van der Waals surface area (Å²) < 4.78 is 3.22. The van der Waals surface area contributed by atoms with E-state index < -0.39 is 0 Å². The Kier molecular flexibility index (Phi) is 6.89. The van der Waals surface area contributed by atoms with E-state index in [1.807, 2.05) is 6.20 Å². The highest BCUT2D eigenvalue weighted by Crippen LogP contribution is 2.16. The lowest BCUT2D eigenvalue weighted by Crippen LogP contribution is -2.24. The van der Waals surface area contributed by atoms with Crippen LogP contribution < -0.4 is 5.32 Å². The normalized spacial score (nSPS) is 11.7. The Morgan fingerprint density at radius 2 is 2.17 bits per heavy atom. The van der Waals surface area contributed by atoms with Gasteiger partial charge in [-0.2, -0.15) is 5.10 Å². The molecular weight excluding hydrogens is 292 g/mol. The van der Waals surface area contributed by atoms with Crippen LogP contribution in [-0.4, -0.2) is 48.4 Å². The van der Waals surface area contributed by atoms with E-state index in [9.17, 15) is 0 Å². The number of hydrogen-bond acceptors (Lipinski definition) is 3. The van der Waals surface area contributed by atoms with Crippen LogP contribution in [0.1, 0.15) is 19.5 Å². The minimum Gasteiger partial charge on any atom is -0.316 e. The molecule has 1 N–H and O–H groups in total. The molecule has 0 saturated heterocycles. The Balaban J connectivity index is 2.45. The standard InChI is InChI=1S/C13H25BrN4/c1-11(2)9-15-6-5-13-12(14)10-16-18(13)8-7-17(3)4/h10-11,15H,5-9H2,1-4H3. The number of likely N-dealkylation sites (N-methyl/N-ethyl adjacent to an activating group) is 1. The molecule has 0 aliphatic rings. The van der Waals surface area contributed by atoms with Gasteiger partial charge in [-0.3, -0.25) is 4.68 Å². The number of nitrogens with zero attached hydrogens (tertiary/aromatic N) is 3. The molecule has 0 atom stereocenters. The largest absolute Gasteiger partial charge is 0.316 e. The Bertz CT molecular complexity index is 347. The molecule has 1 aromatic rings. The average molecular weight is 317 g/mol. The van der Waals surface area contributed by atoms with Gasteiger partial charge in [0.2, 0.25) is 0 Å². The second kappa shape index (κ2) is 7.92. The lowest BCUT2D eigenvalue weighted by atomic mass is 10.2. The molecule has 0 unspecified atom stereocenters. The molecule has 4 nitrogen and oxygen atoms in total. The van der Waals surface area contributed by atoms with E-state index in [2.05, 4.69) is 63.9 Å². The zero-order chi connectivity index (χ0) is 13.5. The van der Waals surface area contributed by atoms with Gasteiger partial charge in [0.15, 0.2) is 0 Å². The molecule has 104 valence electrons. The first-order valence-electron chi connectivity index (χ1n) is 6.56. The minimum atomic E-state index is 0.701. The van der Waals surface area contributed by atoms with Crippen LogP contribution in [0.2, 0.25) is 0 Å². The zero-order valence-corrected chi connectivity index (χ0v) is 13.5. The number of rotatable bonds is 8. The fourth-order valence-electron chi connectivity index (χ4n) is 1.72. The number of halogens is 1. The van der Waals surface area contributed by atoms with Crippen molar-refractivity contribution in [1.29, 1.82) is 0 Å². The Morgan fingerprint density at radius 3 is 2.78 bits per heavy atom. The maximum atomic E-state index is 4.42. The van der Waals surface area contributed by atoms with Crippen molar-refractivity contribution in [2.75, 3.05) is 33.7 Å². The molecule has 1 aromatic heterocycles. The maximum Gasteiger partial charge on any atom is 0.0635 e. The van der Waals surface area contributed by atoms with Crippen LogP contribution in [0.3, 0.4) is 0 Å². The summed E-state index contributed by atoms with van der Waals surface area (Å²) in [4.78, 5) is 2.18. The van der Waals surface area contributed by atoms with Crippen LogP contribution in [0.5, 0.6) is 0 Å². The summed E-state index contributed by atoms with van der Waals surface area (Å²) in [6, 6.07) is 0. The molecule has 18 heavy (non-hydrogen) atoms. The SMILES string of the molecule is CC(C)CNCCc1c(Br)cnn1CCN(C)C. The van der Waals surface area contributed by atoms with Gasteiger partial charge in [-0.1, -0.05) is 13.8 Å². The topological polar surface area (TPSA) is 33.1 Å². The predicted molar refractivity (Wildman–Crippen MR) is 79.9 cm³/mol. The summed E-state index contributed by atoms with van der Waals surface area (Å²) in [5.74, 6) is 0.701. The highest BCUT2D eigenvalue weighted by molar-refractivity contribution is 9.10. The van der Waals surface area contributed by atoms with Crippen LogP contribution >= 0.6 is 15.9 Å². The van der Waals surface area contributed by atoms with Crippen molar-refractivity contribution in [2.24, 2.45) is 5.92 Å².